The van der Waals surface area contributed by atoms with Crippen molar-refractivity contribution in [3.05, 3.63) is 58.9 Å². The average Bonchev–Trinajstić information content (AvgIpc) is 3.05. The van der Waals surface area contributed by atoms with Gasteiger partial charge >= 0.3 is 6.18 Å². The molecule has 0 N–H and O–H groups in total. The van der Waals surface area contributed by atoms with Crippen LogP contribution in [0.15, 0.2) is 36.5 Å². The van der Waals surface area contributed by atoms with E-state index in [1.807, 2.05) is 29.2 Å². The summed E-state index contributed by atoms with van der Waals surface area (Å²) in [5, 5.41) is 8.83. The molecule has 0 atom stereocenters. The third-order valence-electron chi connectivity index (χ3n) is 5.51. The Hall–Kier alpha value is -3.08. The highest BCUT2D eigenvalue weighted by molar-refractivity contribution is 5.98. The van der Waals surface area contributed by atoms with Gasteiger partial charge in [0.05, 0.1) is 17.9 Å². The van der Waals surface area contributed by atoms with Crippen LogP contribution in [0.3, 0.4) is 0 Å². The molecule has 1 aromatic carbocycles. The quantitative estimate of drug-likeness (QED) is 0.768. The Morgan fingerprint density at radius 3 is 2.55 bits per heavy atom. The Labute approximate surface area is 165 Å². The number of fused-ring (bicyclic) bond motifs is 1. The Bertz CT molecular complexity index is 976. The fourth-order valence-corrected chi connectivity index (χ4v) is 4.05. The van der Waals surface area contributed by atoms with Gasteiger partial charge in [-0.25, -0.2) is 4.98 Å². The molecule has 1 aliphatic carbocycles. The fraction of sp³-hybridized carbons (Fsp3) is 0.381. The Morgan fingerprint density at radius 2 is 1.90 bits per heavy atom. The molecule has 1 amide bonds. The smallest absolute Gasteiger partial charge is 0.419 e. The van der Waals surface area contributed by atoms with Gasteiger partial charge in [-0.3, -0.25) is 4.79 Å². The number of pyridine rings is 1. The molecule has 1 fully saturated rings. The van der Waals surface area contributed by atoms with Crippen molar-refractivity contribution in [2.45, 2.75) is 50.6 Å². The summed E-state index contributed by atoms with van der Waals surface area (Å²) < 4.78 is 45.0. The van der Waals surface area contributed by atoms with Crippen LogP contribution < -0.4 is 4.74 Å². The maximum absolute atomic E-state index is 13.1. The van der Waals surface area contributed by atoms with Crippen LogP contribution in [-0.2, 0) is 12.7 Å². The van der Waals surface area contributed by atoms with Crippen molar-refractivity contribution in [3.63, 3.8) is 0 Å². The summed E-state index contributed by atoms with van der Waals surface area (Å²) in [5.41, 5.74) is 0.0145. The highest BCUT2D eigenvalue weighted by Crippen LogP contribution is 2.35. The molecule has 8 heteroatoms. The summed E-state index contributed by atoms with van der Waals surface area (Å²) in [4.78, 5) is 18.1. The Balaban J connectivity index is 1.39. The SMILES string of the molecule is N#Cc1ncc(OC2CCC(N3Cc4ccccc4C3=O)CC2)cc1C(F)(F)F. The first kappa shape index (κ1) is 19.2. The number of aromatic nitrogens is 1. The number of rotatable bonds is 3. The van der Waals surface area contributed by atoms with E-state index in [1.54, 1.807) is 0 Å². The molecule has 0 bridgehead atoms. The zero-order chi connectivity index (χ0) is 20.6. The highest BCUT2D eigenvalue weighted by atomic mass is 19.4. The molecule has 0 spiro atoms. The number of halogens is 3. The second kappa shape index (κ2) is 7.39. The average molecular weight is 401 g/mol. The lowest BCUT2D eigenvalue weighted by molar-refractivity contribution is -0.138. The minimum absolute atomic E-state index is 0.00410. The molecule has 4 rings (SSSR count). The van der Waals surface area contributed by atoms with E-state index in [0.29, 0.717) is 19.4 Å². The number of carbonyl (C=O) groups excluding carboxylic acids is 1. The molecule has 2 aromatic rings. The van der Waals surface area contributed by atoms with Crippen molar-refractivity contribution in [1.29, 1.82) is 5.26 Å². The van der Waals surface area contributed by atoms with E-state index in [9.17, 15) is 18.0 Å². The van der Waals surface area contributed by atoms with E-state index in [-0.39, 0.29) is 23.8 Å². The van der Waals surface area contributed by atoms with E-state index in [0.717, 1.165) is 36.2 Å². The molecule has 0 unspecified atom stereocenters. The minimum Gasteiger partial charge on any atom is -0.489 e. The van der Waals surface area contributed by atoms with Gasteiger partial charge in [0.2, 0.25) is 0 Å². The van der Waals surface area contributed by atoms with Crippen LogP contribution in [0.4, 0.5) is 13.2 Å². The number of nitriles is 1. The first-order valence-corrected chi connectivity index (χ1v) is 9.39. The summed E-state index contributed by atoms with van der Waals surface area (Å²) in [7, 11) is 0. The largest absolute Gasteiger partial charge is 0.489 e. The van der Waals surface area contributed by atoms with Gasteiger partial charge < -0.3 is 9.64 Å². The monoisotopic (exact) mass is 401 g/mol. The number of carbonyl (C=O) groups is 1. The van der Waals surface area contributed by atoms with Crippen LogP contribution in [0.25, 0.3) is 0 Å². The number of amides is 1. The van der Waals surface area contributed by atoms with Crippen LogP contribution in [0, 0.1) is 11.3 Å². The molecule has 2 aliphatic rings. The van der Waals surface area contributed by atoms with Gasteiger partial charge in [0.15, 0.2) is 5.69 Å². The number of benzene rings is 1. The number of nitrogens with zero attached hydrogens (tertiary/aromatic N) is 3. The van der Waals surface area contributed by atoms with Crippen molar-refractivity contribution in [1.82, 2.24) is 9.88 Å². The zero-order valence-electron chi connectivity index (χ0n) is 15.4. The topological polar surface area (TPSA) is 66.2 Å². The molecule has 5 nitrogen and oxygen atoms in total. The molecule has 2 heterocycles. The second-order valence-electron chi connectivity index (χ2n) is 7.32. The van der Waals surface area contributed by atoms with E-state index < -0.39 is 17.4 Å². The van der Waals surface area contributed by atoms with E-state index in [4.69, 9.17) is 10.00 Å². The molecule has 29 heavy (non-hydrogen) atoms. The van der Waals surface area contributed by atoms with Gasteiger partial charge in [-0.1, -0.05) is 18.2 Å². The predicted molar refractivity (Wildman–Crippen MR) is 96.9 cm³/mol. The predicted octanol–water partition coefficient (Wildman–Crippen LogP) is 4.32. The highest BCUT2D eigenvalue weighted by Gasteiger charge is 2.37. The summed E-state index contributed by atoms with van der Waals surface area (Å²) in [5.74, 6) is 0.0421. The lowest BCUT2D eigenvalue weighted by Crippen LogP contribution is -2.40. The van der Waals surface area contributed by atoms with Crippen molar-refractivity contribution in [2.75, 3.05) is 0 Å². The van der Waals surface area contributed by atoms with Crippen LogP contribution in [0.1, 0.15) is 52.9 Å². The van der Waals surface area contributed by atoms with Crippen molar-refractivity contribution in [2.24, 2.45) is 0 Å². The molecular formula is C21H18F3N3O2. The third kappa shape index (κ3) is 3.77. The number of hydrogen-bond acceptors (Lipinski definition) is 4. The maximum atomic E-state index is 13.1. The molecular weight excluding hydrogens is 383 g/mol. The third-order valence-corrected chi connectivity index (χ3v) is 5.51. The molecule has 1 saturated carbocycles. The summed E-state index contributed by atoms with van der Waals surface area (Å²) in [6, 6.07) is 9.95. The second-order valence-corrected chi connectivity index (χ2v) is 7.32. The van der Waals surface area contributed by atoms with Crippen LogP contribution >= 0.6 is 0 Å². The lowest BCUT2D eigenvalue weighted by Gasteiger charge is -2.34. The van der Waals surface area contributed by atoms with E-state index in [2.05, 4.69) is 4.98 Å². The Kier molecular flexibility index (Phi) is 4.91. The Morgan fingerprint density at radius 1 is 1.17 bits per heavy atom. The summed E-state index contributed by atoms with van der Waals surface area (Å²) >= 11 is 0. The van der Waals surface area contributed by atoms with Gasteiger partial charge in [-0.2, -0.15) is 18.4 Å². The number of hydrogen-bond donors (Lipinski definition) is 0. The van der Waals surface area contributed by atoms with Crippen LogP contribution in [0.2, 0.25) is 0 Å². The molecule has 0 saturated heterocycles. The van der Waals surface area contributed by atoms with Gasteiger partial charge in [0, 0.05) is 18.2 Å². The summed E-state index contributed by atoms with van der Waals surface area (Å²) in [6.07, 6.45) is -1.05. The van der Waals surface area contributed by atoms with Gasteiger partial charge in [-0.15, -0.1) is 0 Å². The van der Waals surface area contributed by atoms with Gasteiger partial charge in [0.1, 0.15) is 11.8 Å². The molecule has 150 valence electrons. The first-order chi connectivity index (χ1) is 13.9. The van der Waals surface area contributed by atoms with Crippen molar-refractivity contribution < 1.29 is 22.7 Å². The first-order valence-electron chi connectivity index (χ1n) is 9.39. The molecule has 0 radical (unpaired) electrons. The van der Waals surface area contributed by atoms with Crippen LogP contribution in [-0.4, -0.2) is 27.9 Å². The van der Waals surface area contributed by atoms with Gasteiger partial charge in [-0.05, 0) is 43.4 Å². The van der Waals surface area contributed by atoms with Crippen molar-refractivity contribution in [3.8, 4) is 11.8 Å². The number of ether oxygens (including phenoxy) is 1. The maximum Gasteiger partial charge on any atom is 0.419 e. The van der Waals surface area contributed by atoms with Gasteiger partial charge in [0.25, 0.3) is 5.91 Å². The molecule has 1 aromatic heterocycles. The lowest BCUT2D eigenvalue weighted by atomic mass is 9.92. The van der Waals surface area contributed by atoms with E-state index >= 15 is 0 Å². The van der Waals surface area contributed by atoms with Crippen LogP contribution in [0.5, 0.6) is 5.75 Å². The van der Waals surface area contributed by atoms with Crippen molar-refractivity contribution >= 4 is 5.91 Å². The normalized spacial score (nSPS) is 21.6. The summed E-state index contributed by atoms with van der Waals surface area (Å²) in [6.45, 7) is 0.597. The fourth-order valence-electron chi connectivity index (χ4n) is 4.05. The zero-order valence-corrected chi connectivity index (χ0v) is 15.4. The van der Waals surface area contributed by atoms with E-state index in [1.165, 1.54) is 6.07 Å². The number of alkyl halides is 3. The standard InChI is InChI=1S/C21H18F3N3O2/c22-21(23,24)18-9-16(11-26-19(18)10-25)29-15-7-5-14(6-8-15)27-12-13-3-1-2-4-17(13)20(27)28/h1-4,9,11,14-15H,5-8,12H2. The minimum atomic E-state index is -4.67. The molecule has 1 aliphatic heterocycles.